The van der Waals surface area contributed by atoms with Crippen LogP contribution in [0.5, 0.6) is 0 Å². The summed E-state index contributed by atoms with van der Waals surface area (Å²) in [5, 5.41) is 2.87. The highest BCUT2D eigenvalue weighted by molar-refractivity contribution is 5.92. The van der Waals surface area contributed by atoms with Gasteiger partial charge in [0.15, 0.2) is 0 Å². The number of likely N-dealkylation sites (tertiary alicyclic amines) is 2. The molecule has 3 N–H and O–H groups in total. The van der Waals surface area contributed by atoms with Gasteiger partial charge in [-0.2, -0.15) is 0 Å². The minimum Gasteiger partial charge on any atom is -0.384 e. The Kier molecular flexibility index (Phi) is 4.64. The Bertz CT molecular complexity index is 560. The maximum absolute atomic E-state index is 12.3. The molecule has 0 radical (unpaired) electrons. The topological polar surface area (TPSA) is 91.6 Å². The molecule has 0 atom stereocenters. The molecule has 3 rings (SSSR count). The first-order chi connectivity index (χ1) is 11.1. The van der Waals surface area contributed by atoms with E-state index in [0.717, 1.165) is 25.9 Å². The summed E-state index contributed by atoms with van der Waals surface area (Å²) in [6.45, 7) is 3.02. The van der Waals surface area contributed by atoms with Gasteiger partial charge >= 0.3 is 6.03 Å². The highest BCUT2D eigenvalue weighted by Gasteiger charge is 2.30. The average molecular weight is 317 g/mol. The monoisotopic (exact) mass is 317 g/mol. The third-order valence-corrected chi connectivity index (χ3v) is 4.57. The third kappa shape index (κ3) is 3.72. The molecule has 3 amide bonds. The van der Waals surface area contributed by atoms with Crippen molar-refractivity contribution in [1.29, 1.82) is 0 Å². The Morgan fingerprint density at radius 1 is 1.09 bits per heavy atom. The lowest BCUT2D eigenvalue weighted by Crippen LogP contribution is -2.47. The minimum atomic E-state index is -0.0600. The van der Waals surface area contributed by atoms with Crippen molar-refractivity contribution in [3.63, 3.8) is 0 Å². The van der Waals surface area contributed by atoms with Crippen LogP contribution in [0.2, 0.25) is 0 Å². The molecule has 2 fully saturated rings. The maximum Gasteiger partial charge on any atom is 0.319 e. The third-order valence-electron chi connectivity index (χ3n) is 4.57. The molecule has 0 saturated carbocycles. The Balaban J connectivity index is 1.49. The van der Waals surface area contributed by atoms with Gasteiger partial charge in [0.2, 0.25) is 5.91 Å². The molecule has 124 valence electrons. The van der Waals surface area contributed by atoms with Crippen LogP contribution in [0.4, 0.5) is 16.3 Å². The van der Waals surface area contributed by atoms with Gasteiger partial charge in [-0.05, 0) is 37.8 Å². The normalized spacial score (nSPS) is 19.0. The molecule has 7 heteroatoms. The molecular weight excluding hydrogens is 294 g/mol. The number of nitrogen functional groups attached to an aromatic ring is 1. The first-order valence-electron chi connectivity index (χ1n) is 8.20. The number of nitrogens with one attached hydrogen (secondary N) is 1. The molecular formula is C16H23N5O2. The molecule has 3 heterocycles. The van der Waals surface area contributed by atoms with Crippen LogP contribution in [0.1, 0.15) is 25.7 Å². The first-order valence-corrected chi connectivity index (χ1v) is 8.20. The zero-order valence-corrected chi connectivity index (χ0v) is 13.2. The number of nitrogens with two attached hydrogens (primary N) is 1. The Morgan fingerprint density at radius 3 is 2.35 bits per heavy atom. The number of aromatic nitrogens is 1. The largest absolute Gasteiger partial charge is 0.384 e. The molecule has 0 aromatic carbocycles. The number of hydrogen-bond acceptors (Lipinski definition) is 4. The van der Waals surface area contributed by atoms with Crippen LogP contribution >= 0.6 is 0 Å². The average Bonchev–Trinajstić information content (AvgIpc) is 3.11. The molecule has 1 aromatic rings. The predicted molar refractivity (Wildman–Crippen MR) is 87.8 cm³/mol. The number of hydrogen-bond donors (Lipinski definition) is 2. The fraction of sp³-hybridized carbons (Fsp3) is 0.562. The summed E-state index contributed by atoms with van der Waals surface area (Å²) in [5.41, 5.74) is 6.18. The van der Waals surface area contributed by atoms with Crippen molar-refractivity contribution in [1.82, 2.24) is 14.8 Å². The van der Waals surface area contributed by atoms with Gasteiger partial charge in [0, 0.05) is 32.1 Å². The van der Waals surface area contributed by atoms with E-state index in [1.165, 1.54) is 0 Å². The van der Waals surface area contributed by atoms with Crippen molar-refractivity contribution < 1.29 is 9.59 Å². The number of urea groups is 1. The molecule has 0 unspecified atom stereocenters. The van der Waals surface area contributed by atoms with Crippen LogP contribution in [0.25, 0.3) is 0 Å². The summed E-state index contributed by atoms with van der Waals surface area (Å²) in [5.74, 6) is 0.358. The number of nitrogens with zero attached hydrogens (tertiary/aromatic N) is 3. The molecule has 2 saturated heterocycles. The van der Waals surface area contributed by atoms with E-state index in [1.54, 1.807) is 18.3 Å². The number of pyridine rings is 1. The molecule has 7 nitrogen and oxygen atoms in total. The Labute approximate surface area is 135 Å². The predicted octanol–water partition coefficient (Wildman–Crippen LogP) is 1.53. The maximum atomic E-state index is 12.3. The molecule has 1 aromatic heterocycles. The minimum absolute atomic E-state index is 0.00940. The van der Waals surface area contributed by atoms with Crippen LogP contribution in [0.3, 0.4) is 0 Å². The lowest BCUT2D eigenvalue weighted by Gasteiger charge is -2.34. The van der Waals surface area contributed by atoms with E-state index in [1.807, 2.05) is 9.80 Å². The van der Waals surface area contributed by atoms with Crippen molar-refractivity contribution in [3.05, 3.63) is 18.3 Å². The number of anilines is 2. The second-order valence-corrected chi connectivity index (χ2v) is 6.20. The Hall–Kier alpha value is -2.31. The van der Waals surface area contributed by atoms with E-state index in [-0.39, 0.29) is 17.9 Å². The first kappa shape index (κ1) is 15.6. The van der Waals surface area contributed by atoms with Gasteiger partial charge in [0.1, 0.15) is 5.82 Å². The van der Waals surface area contributed by atoms with Gasteiger partial charge in [-0.15, -0.1) is 0 Å². The van der Waals surface area contributed by atoms with Gasteiger partial charge < -0.3 is 20.9 Å². The van der Waals surface area contributed by atoms with Gasteiger partial charge in [0.25, 0.3) is 0 Å². The van der Waals surface area contributed by atoms with Crippen LogP contribution in [-0.4, -0.2) is 52.9 Å². The lowest BCUT2D eigenvalue weighted by molar-refractivity contribution is -0.121. The number of rotatable bonds is 2. The standard InChI is InChI=1S/C16H23N5O2/c17-14-4-3-13(11-18-14)19-15(22)12-5-9-21(10-6-12)16(23)20-7-1-2-8-20/h3-4,11-12H,1-2,5-10H2,(H2,17,18)(H,19,22). The summed E-state index contributed by atoms with van der Waals surface area (Å²) in [7, 11) is 0. The van der Waals surface area contributed by atoms with Crippen molar-refractivity contribution in [2.24, 2.45) is 5.92 Å². The van der Waals surface area contributed by atoms with Crippen LogP contribution < -0.4 is 11.1 Å². The quantitative estimate of drug-likeness (QED) is 0.865. The zero-order chi connectivity index (χ0) is 16.2. The second-order valence-electron chi connectivity index (χ2n) is 6.20. The van der Waals surface area contributed by atoms with Crippen LogP contribution in [0, 0.1) is 5.92 Å². The summed E-state index contributed by atoms with van der Waals surface area (Å²) in [4.78, 5) is 32.4. The Morgan fingerprint density at radius 2 is 1.74 bits per heavy atom. The van der Waals surface area contributed by atoms with E-state index in [9.17, 15) is 9.59 Å². The van der Waals surface area contributed by atoms with E-state index in [0.29, 0.717) is 37.4 Å². The number of piperidine rings is 1. The van der Waals surface area contributed by atoms with E-state index < -0.39 is 0 Å². The van der Waals surface area contributed by atoms with Crippen molar-refractivity contribution in [3.8, 4) is 0 Å². The van der Waals surface area contributed by atoms with Crippen LogP contribution in [0.15, 0.2) is 18.3 Å². The zero-order valence-electron chi connectivity index (χ0n) is 13.2. The lowest BCUT2D eigenvalue weighted by atomic mass is 9.96. The summed E-state index contributed by atoms with van der Waals surface area (Å²) < 4.78 is 0. The fourth-order valence-corrected chi connectivity index (χ4v) is 3.16. The van der Waals surface area contributed by atoms with E-state index >= 15 is 0 Å². The van der Waals surface area contributed by atoms with Gasteiger partial charge in [0.05, 0.1) is 11.9 Å². The van der Waals surface area contributed by atoms with Crippen molar-refractivity contribution >= 4 is 23.4 Å². The second kappa shape index (κ2) is 6.85. The van der Waals surface area contributed by atoms with Gasteiger partial charge in [-0.1, -0.05) is 0 Å². The van der Waals surface area contributed by atoms with E-state index in [4.69, 9.17) is 5.73 Å². The van der Waals surface area contributed by atoms with Crippen molar-refractivity contribution in [2.45, 2.75) is 25.7 Å². The summed E-state index contributed by atoms with van der Waals surface area (Å²) in [6.07, 6.45) is 5.15. The highest BCUT2D eigenvalue weighted by Crippen LogP contribution is 2.21. The summed E-state index contributed by atoms with van der Waals surface area (Å²) in [6, 6.07) is 3.53. The summed E-state index contributed by atoms with van der Waals surface area (Å²) >= 11 is 0. The van der Waals surface area contributed by atoms with E-state index in [2.05, 4.69) is 10.3 Å². The molecule has 0 spiro atoms. The van der Waals surface area contributed by atoms with Gasteiger partial charge in [-0.25, -0.2) is 9.78 Å². The smallest absolute Gasteiger partial charge is 0.319 e. The van der Waals surface area contributed by atoms with Crippen molar-refractivity contribution in [2.75, 3.05) is 37.2 Å². The molecule has 2 aliphatic rings. The van der Waals surface area contributed by atoms with Gasteiger partial charge in [-0.3, -0.25) is 4.79 Å². The number of carbonyl (C=O) groups excluding carboxylic acids is 2. The highest BCUT2D eigenvalue weighted by atomic mass is 16.2. The fourth-order valence-electron chi connectivity index (χ4n) is 3.16. The molecule has 0 bridgehead atoms. The number of amides is 3. The van der Waals surface area contributed by atoms with Crippen LogP contribution in [-0.2, 0) is 4.79 Å². The molecule has 2 aliphatic heterocycles. The SMILES string of the molecule is Nc1ccc(NC(=O)C2CCN(C(=O)N3CCCC3)CC2)cn1. The molecule has 23 heavy (non-hydrogen) atoms. The molecule has 0 aliphatic carbocycles. The number of carbonyl (C=O) groups is 2.